The van der Waals surface area contributed by atoms with Crippen molar-refractivity contribution >= 4 is 43.2 Å². The molecule has 2 atom stereocenters. The number of aromatic nitrogens is 1. The third-order valence-corrected chi connectivity index (χ3v) is 8.74. The molecule has 2 unspecified atom stereocenters. The van der Waals surface area contributed by atoms with E-state index in [1.54, 1.807) is 37.3 Å². The summed E-state index contributed by atoms with van der Waals surface area (Å²) in [7, 11) is -9.48. The van der Waals surface area contributed by atoms with E-state index >= 15 is 0 Å². The van der Waals surface area contributed by atoms with Gasteiger partial charge in [-0.2, -0.15) is 13.2 Å². The second-order valence-corrected chi connectivity index (χ2v) is 12.3. The Morgan fingerprint density at radius 1 is 1.00 bits per heavy atom. The zero-order chi connectivity index (χ0) is 28.6. The van der Waals surface area contributed by atoms with Gasteiger partial charge >= 0.3 is 11.5 Å². The zero-order valence-corrected chi connectivity index (χ0v) is 21.7. The number of sulfone groups is 1. The van der Waals surface area contributed by atoms with Crippen LogP contribution in [-0.4, -0.2) is 45.3 Å². The van der Waals surface area contributed by atoms with Crippen LogP contribution in [0.4, 0.5) is 29.3 Å². The molecule has 1 fully saturated rings. The van der Waals surface area contributed by atoms with E-state index in [0.717, 1.165) is 12.1 Å². The van der Waals surface area contributed by atoms with E-state index in [1.807, 2.05) is 0 Å². The second kappa shape index (κ2) is 10.3. The highest BCUT2D eigenvalue weighted by Crippen LogP contribution is 2.34. The van der Waals surface area contributed by atoms with Crippen molar-refractivity contribution < 1.29 is 39.6 Å². The van der Waals surface area contributed by atoms with Crippen molar-refractivity contribution in [3.63, 3.8) is 0 Å². The number of urea groups is 1. The monoisotopic (exact) mass is 582 g/mol. The number of halogens is 3. The second-order valence-electron chi connectivity index (χ2n) is 8.64. The summed E-state index contributed by atoms with van der Waals surface area (Å²) in [5.41, 5.74) is -4.66. The Bertz CT molecular complexity index is 1610. The number of nitrogens with zero attached hydrogens (tertiary/aromatic N) is 2. The van der Waals surface area contributed by atoms with E-state index in [-0.39, 0.29) is 17.1 Å². The Morgan fingerprint density at radius 3 is 2.26 bits per heavy atom. The maximum Gasteiger partial charge on any atom is 0.501 e. The molecular formula is C24H21F3N4O6S2. The highest BCUT2D eigenvalue weighted by molar-refractivity contribution is 7.92. The lowest BCUT2D eigenvalue weighted by Gasteiger charge is -2.21. The first kappa shape index (κ1) is 28.0. The molecule has 1 aromatic heterocycles. The van der Waals surface area contributed by atoms with Crippen molar-refractivity contribution in [2.75, 3.05) is 9.62 Å². The molecule has 206 valence electrons. The molecule has 10 nitrogen and oxygen atoms in total. The molecule has 3 aromatic rings. The number of alkyl halides is 3. The van der Waals surface area contributed by atoms with Gasteiger partial charge in [0, 0.05) is 12.1 Å². The lowest BCUT2D eigenvalue weighted by atomic mass is 9.93. The third kappa shape index (κ3) is 5.73. The van der Waals surface area contributed by atoms with Gasteiger partial charge in [0.2, 0.25) is 10.0 Å². The topological polar surface area (TPSA) is 143 Å². The minimum atomic E-state index is -5.61. The highest BCUT2D eigenvalue weighted by atomic mass is 32.2. The number of amides is 3. The lowest BCUT2D eigenvalue weighted by molar-refractivity contribution is -0.118. The molecule has 1 aliphatic heterocycles. The molecular weight excluding hydrogens is 561 g/mol. The highest BCUT2D eigenvalue weighted by Gasteiger charge is 2.47. The smallest absolute Gasteiger partial charge is 0.325 e. The van der Waals surface area contributed by atoms with Crippen LogP contribution in [0.5, 0.6) is 0 Å². The predicted molar refractivity (Wildman–Crippen MR) is 135 cm³/mol. The first-order valence-corrected chi connectivity index (χ1v) is 14.4. The summed E-state index contributed by atoms with van der Waals surface area (Å²) in [4.78, 5) is 29.4. The largest absolute Gasteiger partial charge is 0.501 e. The molecule has 0 spiro atoms. The molecule has 1 saturated heterocycles. The lowest BCUT2D eigenvalue weighted by Crippen LogP contribution is -2.35. The summed E-state index contributed by atoms with van der Waals surface area (Å²) in [5.74, 6) is -1.86. The SMILES string of the molecule is CC(c1ccncc1NS(=O)(=O)Cc1ccccc1)C1NC(=O)N(c2ccc(S(=O)(=O)C(F)(F)F)cc2)C1=O. The van der Waals surface area contributed by atoms with Gasteiger partial charge < -0.3 is 5.32 Å². The molecule has 2 aromatic carbocycles. The maximum atomic E-state index is 13.2. The van der Waals surface area contributed by atoms with Gasteiger partial charge in [0.05, 0.1) is 28.2 Å². The molecule has 2 heterocycles. The van der Waals surface area contributed by atoms with Crippen LogP contribution in [0.15, 0.2) is 78.0 Å². The van der Waals surface area contributed by atoms with Crippen molar-refractivity contribution in [3.8, 4) is 0 Å². The number of hydrogen-bond donors (Lipinski definition) is 2. The van der Waals surface area contributed by atoms with Crippen molar-refractivity contribution in [3.05, 3.63) is 84.2 Å². The average molecular weight is 583 g/mol. The summed E-state index contributed by atoms with van der Waals surface area (Å²) in [5, 5.41) is 2.49. The summed E-state index contributed by atoms with van der Waals surface area (Å²) >= 11 is 0. The predicted octanol–water partition coefficient (Wildman–Crippen LogP) is 3.55. The number of rotatable bonds is 8. The molecule has 3 amide bonds. The normalized spacial score (nSPS) is 17.1. The van der Waals surface area contributed by atoms with E-state index in [1.165, 1.54) is 18.5 Å². The summed E-state index contributed by atoms with van der Waals surface area (Å²) in [6.45, 7) is 1.58. The zero-order valence-electron chi connectivity index (χ0n) is 20.1. The van der Waals surface area contributed by atoms with Crippen molar-refractivity contribution in [1.82, 2.24) is 10.3 Å². The maximum absolute atomic E-state index is 13.2. The molecule has 2 N–H and O–H groups in total. The van der Waals surface area contributed by atoms with Crippen LogP contribution in [0.2, 0.25) is 0 Å². The number of anilines is 2. The first-order chi connectivity index (χ1) is 18.2. The summed E-state index contributed by atoms with van der Waals surface area (Å²) in [6.07, 6.45) is 2.66. The van der Waals surface area contributed by atoms with E-state index in [4.69, 9.17) is 0 Å². The number of hydrogen-bond acceptors (Lipinski definition) is 7. The number of carbonyl (C=O) groups excluding carboxylic acids is 2. The molecule has 1 aliphatic rings. The molecule has 4 rings (SSSR count). The minimum absolute atomic E-state index is 0.100. The van der Waals surface area contributed by atoms with Gasteiger partial charge in [0.25, 0.3) is 15.7 Å². The summed E-state index contributed by atoms with van der Waals surface area (Å²) < 4.78 is 89.7. The van der Waals surface area contributed by atoms with Gasteiger partial charge in [-0.05, 0) is 41.5 Å². The van der Waals surface area contributed by atoms with Gasteiger partial charge in [-0.25, -0.2) is 26.5 Å². The number of carbonyl (C=O) groups is 2. The number of imide groups is 1. The van der Waals surface area contributed by atoms with E-state index < -0.39 is 54.2 Å². The third-order valence-electron chi connectivity index (χ3n) is 5.99. The van der Waals surface area contributed by atoms with Crippen LogP contribution in [0.25, 0.3) is 0 Å². The Labute approximate surface area is 221 Å². The van der Waals surface area contributed by atoms with E-state index in [2.05, 4.69) is 15.0 Å². The van der Waals surface area contributed by atoms with Crippen LogP contribution in [0.1, 0.15) is 24.0 Å². The number of nitrogens with one attached hydrogen (secondary N) is 2. The van der Waals surface area contributed by atoms with E-state index in [9.17, 15) is 39.6 Å². The van der Waals surface area contributed by atoms with Crippen LogP contribution in [0, 0.1) is 0 Å². The van der Waals surface area contributed by atoms with Crippen LogP contribution in [0.3, 0.4) is 0 Å². The van der Waals surface area contributed by atoms with Crippen molar-refractivity contribution in [1.29, 1.82) is 0 Å². The Balaban J connectivity index is 1.56. The van der Waals surface area contributed by atoms with Gasteiger partial charge in [-0.3, -0.25) is 14.5 Å². The number of sulfonamides is 1. The van der Waals surface area contributed by atoms with Gasteiger partial charge in [0.15, 0.2) is 0 Å². The first-order valence-electron chi connectivity index (χ1n) is 11.3. The molecule has 39 heavy (non-hydrogen) atoms. The van der Waals surface area contributed by atoms with Gasteiger partial charge in [-0.1, -0.05) is 37.3 Å². The average Bonchev–Trinajstić information content (AvgIpc) is 3.17. The fraction of sp³-hybridized carbons (Fsp3) is 0.208. The van der Waals surface area contributed by atoms with Crippen molar-refractivity contribution in [2.45, 2.75) is 35.0 Å². The molecule has 0 saturated carbocycles. The Hall–Kier alpha value is -3.98. The molecule has 0 radical (unpaired) electrons. The van der Waals surface area contributed by atoms with Gasteiger partial charge in [-0.15, -0.1) is 0 Å². The Kier molecular flexibility index (Phi) is 7.40. The quantitative estimate of drug-likeness (QED) is 0.387. The number of pyridine rings is 1. The molecule has 0 aliphatic carbocycles. The van der Waals surface area contributed by atoms with Crippen molar-refractivity contribution in [2.24, 2.45) is 0 Å². The number of benzene rings is 2. The molecule has 0 bridgehead atoms. The van der Waals surface area contributed by atoms with Crippen LogP contribution in [-0.2, 0) is 30.4 Å². The fourth-order valence-electron chi connectivity index (χ4n) is 4.05. The summed E-state index contributed by atoms with van der Waals surface area (Å²) in [6, 6.07) is 11.0. The minimum Gasteiger partial charge on any atom is -0.325 e. The van der Waals surface area contributed by atoms with E-state index in [0.29, 0.717) is 28.2 Å². The Morgan fingerprint density at radius 2 is 1.64 bits per heavy atom. The van der Waals surface area contributed by atoms with Crippen LogP contribution >= 0.6 is 0 Å². The molecule has 15 heteroatoms. The standard InChI is InChI=1S/C24H21F3N4O6S2/c1-15(19-11-12-28-13-20(19)30-38(34,35)14-16-5-3-2-4-6-16)21-22(32)31(23(33)29-21)17-7-9-18(10-8-17)39(36,37)24(25,26)27/h2-13,15,21,30H,14H2,1H3,(H,29,33). The fourth-order valence-corrected chi connectivity index (χ4v) is 6.02. The van der Waals surface area contributed by atoms with Gasteiger partial charge in [0.1, 0.15) is 6.04 Å². The van der Waals surface area contributed by atoms with Crippen LogP contribution < -0.4 is 14.9 Å².